The summed E-state index contributed by atoms with van der Waals surface area (Å²) in [7, 11) is 1.74. The summed E-state index contributed by atoms with van der Waals surface area (Å²) in [5.74, 6) is 1.01. The molecule has 3 rings (SSSR count). The molecular weight excluding hydrogens is 314 g/mol. The highest BCUT2D eigenvalue weighted by molar-refractivity contribution is 6.03. The van der Waals surface area contributed by atoms with Crippen LogP contribution < -0.4 is 15.5 Å². The first-order valence-electron chi connectivity index (χ1n) is 8.75. The number of aryl methyl sites for hydroxylation is 1. The van der Waals surface area contributed by atoms with Gasteiger partial charge in [0.05, 0.1) is 0 Å². The summed E-state index contributed by atoms with van der Waals surface area (Å²) < 4.78 is 0. The molecule has 2 aromatic rings. The highest BCUT2D eigenvalue weighted by atomic mass is 16.1. The summed E-state index contributed by atoms with van der Waals surface area (Å²) in [6, 6.07) is 9.70. The second-order valence-corrected chi connectivity index (χ2v) is 6.64. The number of benzene rings is 1. The molecule has 6 nitrogen and oxygen atoms in total. The molecule has 25 heavy (non-hydrogen) atoms. The minimum absolute atomic E-state index is 0.230. The van der Waals surface area contributed by atoms with E-state index in [1.54, 1.807) is 13.1 Å². The third-order valence-corrected chi connectivity index (χ3v) is 4.56. The molecule has 1 aliphatic rings. The Balaban J connectivity index is 1.73. The van der Waals surface area contributed by atoms with Crippen LogP contribution in [-0.4, -0.2) is 36.0 Å². The fourth-order valence-corrected chi connectivity index (χ4v) is 3.04. The van der Waals surface area contributed by atoms with Gasteiger partial charge in [0.2, 0.25) is 5.95 Å². The van der Waals surface area contributed by atoms with Gasteiger partial charge in [0.15, 0.2) is 0 Å². The fraction of sp³-hybridized carbons (Fsp3) is 0.421. The van der Waals surface area contributed by atoms with E-state index in [9.17, 15) is 4.79 Å². The maximum atomic E-state index is 12.5. The Morgan fingerprint density at radius 3 is 2.68 bits per heavy atom. The lowest BCUT2D eigenvalue weighted by atomic mass is 9.99. The number of aromatic nitrogens is 2. The average molecular weight is 339 g/mol. The van der Waals surface area contributed by atoms with E-state index in [1.165, 1.54) is 12.8 Å². The molecule has 1 aromatic heterocycles. The molecule has 2 N–H and O–H groups in total. The summed E-state index contributed by atoms with van der Waals surface area (Å²) >= 11 is 0. The number of nitrogens with one attached hydrogen (secondary N) is 2. The molecule has 1 aromatic carbocycles. The third-order valence-electron chi connectivity index (χ3n) is 4.56. The number of amides is 1. The Bertz CT molecular complexity index is 753. The number of piperidine rings is 1. The number of hydrogen-bond donors (Lipinski definition) is 2. The molecule has 6 heteroatoms. The largest absolute Gasteiger partial charge is 0.371 e. The Hall–Kier alpha value is -2.63. The highest BCUT2D eigenvalue weighted by Crippen LogP contribution is 2.25. The number of anilines is 3. The molecule has 132 valence electrons. The van der Waals surface area contributed by atoms with E-state index in [0.29, 0.717) is 11.6 Å². The van der Waals surface area contributed by atoms with Crippen molar-refractivity contribution < 1.29 is 4.79 Å². The van der Waals surface area contributed by atoms with E-state index in [1.807, 2.05) is 25.1 Å². The Kier molecular flexibility index (Phi) is 5.16. The quantitative estimate of drug-likeness (QED) is 0.894. The van der Waals surface area contributed by atoms with Crippen molar-refractivity contribution >= 4 is 23.2 Å². The van der Waals surface area contributed by atoms with Gasteiger partial charge in [-0.3, -0.25) is 4.79 Å². The molecule has 1 fully saturated rings. The SMILES string of the molecule is CNc1nc(C)cc(C(=O)Nc2cccc(N3CCC(C)CC3)c2)n1. The second kappa shape index (κ2) is 7.51. The summed E-state index contributed by atoms with van der Waals surface area (Å²) in [5.41, 5.74) is 3.04. The molecule has 0 saturated carbocycles. The van der Waals surface area contributed by atoms with E-state index in [0.717, 1.165) is 36.1 Å². The fourth-order valence-electron chi connectivity index (χ4n) is 3.04. The van der Waals surface area contributed by atoms with Crippen molar-refractivity contribution in [3.8, 4) is 0 Å². The smallest absolute Gasteiger partial charge is 0.274 e. The van der Waals surface area contributed by atoms with Crippen LogP contribution >= 0.6 is 0 Å². The molecule has 0 aliphatic carbocycles. The standard InChI is InChI=1S/C19H25N5O/c1-13-7-9-24(10-8-13)16-6-4-5-15(12-16)22-18(25)17-11-14(2)21-19(20-3)23-17/h4-6,11-13H,7-10H2,1-3H3,(H,22,25)(H,20,21,23). The van der Waals surface area contributed by atoms with Gasteiger partial charge >= 0.3 is 0 Å². The average Bonchev–Trinajstić information content (AvgIpc) is 2.62. The van der Waals surface area contributed by atoms with Crippen molar-refractivity contribution in [3.05, 3.63) is 41.7 Å². The van der Waals surface area contributed by atoms with Gasteiger partial charge in [0.25, 0.3) is 5.91 Å². The topological polar surface area (TPSA) is 70.2 Å². The monoisotopic (exact) mass is 339 g/mol. The number of hydrogen-bond acceptors (Lipinski definition) is 5. The third kappa shape index (κ3) is 4.26. The molecule has 1 amide bonds. The van der Waals surface area contributed by atoms with Crippen LogP contribution in [0.2, 0.25) is 0 Å². The van der Waals surface area contributed by atoms with Gasteiger partial charge in [-0.15, -0.1) is 0 Å². The zero-order valence-corrected chi connectivity index (χ0v) is 15.0. The molecule has 0 spiro atoms. The van der Waals surface area contributed by atoms with E-state index in [2.05, 4.69) is 38.5 Å². The lowest BCUT2D eigenvalue weighted by Crippen LogP contribution is -2.32. The van der Waals surface area contributed by atoms with Gasteiger partial charge in [-0.1, -0.05) is 13.0 Å². The molecule has 1 saturated heterocycles. The molecule has 0 atom stereocenters. The van der Waals surface area contributed by atoms with Gasteiger partial charge in [-0.2, -0.15) is 0 Å². The second-order valence-electron chi connectivity index (χ2n) is 6.64. The highest BCUT2D eigenvalue weighted by Gasteiger charge is 2.17. The lowest BCUT2D eigenvalue weighted by Gasteiger charge is -2.32. The van der Waals surface area contributed by atoms with Crippen molar-refractivity contribution in [3.63, 3.8) is 0 Å². The molecule has 0 radical (unpaired) electrons. The van der Waals surface area contributed by atoms with Crippen LogP contribution in [0, 0.1) is 12.8 Å². The maximum Gasteiger partial charge on any atom is 0.274 e. The van der Waals surface area contributed by atoms with Gasteiger partial charge in [-0.05, 0) is 49.9 Å². The predicted octanol–water partition coefficient (Wildman–Crippen LogP) is 3.32. The Morgan fingerprint density at radius 1 is 1.20 bits per heavy atom. The van der Waals surface area contributed by atoms with Gasteiger partial charge in [-0.25, -0.2) is 9.97 Å². The Morgan fingerprint density at radius 2 is 1.96 bits per heavy atom. The van der Waals surface area contributed by atoms with Gasteiger partial charge in [0.1, 0.15) is 5.69 Å². The van der Waals surface area contributed by atoms with Crippen LogP contribution in [0.25, 0.3) is 0 Å². The Labute approximate surface area is 148 Å². The minimum atomic E-state index is -0.230. The number of carbonyl (C=O) groups excluding carboxylic acids is 1. The zero-order valence-electron chi connectivity index (χ0n) is 15.0. The van der Waals surface area contributed by atoms with Crippen LogP contribution in [-0.2, 0) is 0 Å². The summed E-state index contributed by atoms with van der Waals surface area (Å²) in [6.07, 6.45) is 2.42. The van der Waals surface area contributed by atoms with Crippen molar-refractivity contribution in [2.75, 3.05) is 35.7 Å². The molecule has 2 heterocycles. The molecule has 1 aliphatic heterocycles. The molecule has 0 unspecified atom stereocenters. The van der Waals surface area contributed by atoms with Crippen LogP contribution in [0.1, 0.15) is 35.9 Å². The van der Waals surface area contributed by atoms with E-state index in [4.69, 9.17) is 0 Å². The van der Waals surface area contributed by atoms with Crippen LogP contribution in [0.3, 0.4) is 0 Å². The first-order chi connectivity index (χ1) is 12.0. The summed E-state index contributed by atoms with van der Waals surface area (Å²) in [6.45, 7) is 6.28. The first-order valence-corrected chi connectivity index (χ1v) is 8.75. The van der Waals surface area contributed by atoms with Crippen LogP contribution in [0.15, 0.2) is 30.3 Å². The maximum absolute atomic E-state index is 12.5. The van der Waals surface area contributed by atoms with E-state index >= 15 is 0 Å². The molecule has 0 bridgehead atoms. The van der Waals surface area contributed by atoms with Gasteiger partial charge in [0, 0.05) is 37.2 Å². The van der Waals surface area contributed by atoms with Crippen LogP contribution in [0.5, 0.6) is 0 Å². The summed E-state index contributed by atoms with van der Waals surface area (Å²) in [5, 5.41) is 5.82. The lowest BCUT2D eigenvalue weighted by molar-refractivity contribution is 0.102. The van der Waals surface area contributed by atoms with E-state index < -0.39 is 0 Å². The normalized spacial score (nSPS) is 15.1. The number of nitrogens with zero attached hydrogens (tertiary/aromatic N) is 3. The van der Waals surface area contributed by atoms with Gasteiger partial charge < -0.3 is 15.5 Å². The molecular formula is C19H25N5O. The van der Waals surface area contributed by atoms with Crippen molar-refractivity contribution in [2.24, 2.45) is 5.92 Å². The van der Waals surface area contributed by atoms with Crippen LogP contribution in [0.4, 0.5) is 17.3 Å². The number of rotatable bonds is 4. The number of carbonyl (C=O) groups is 1. The van der Waals surface area contributed by atoms with Crippen molar-refractivity contribution in [1.29, 1.82) is 0 Å². The predicted molar refractivity (Wildman–Crippen MR) is 101 cm³/mol. The minimum Gasteiger partial charge on any atom is -0.371 e. The summed E-state index contributed by atoms with van der Waals surface area (Å²) in [4.78, 5) is 23.3. The first kappa shape index (κ1) is 17.2. The zero-order chi connectivity index (χ0) is 17.8. The van der Waals surface area contributed by atoms with E-state index in [-0.39, 0.29) is 5.91 Å². The van der Waals surface area contributed by atoms with Crippen molar-refractivity contribution in [1.82, 2.24) is 9.97 Å². The van der Waals surface area contributed by atoms with Crippen molar-refractivity contribution in [2.45, 2.75) is 26.7 Å².